The molecule has 0 saturated carbocycles. The van der Waals surface area contributed by atoms with Gasteiger partial charge >= 0.3 is 5.97 Å². The van der Waals surface area contributed by atoms with Crippen molar-refractivity contribution in [1.82, 2.24) is 0 Å². The van der Waals surface area contributed by atoms with Crippen molar-refractivity contribution in [3.63, 3.8) is 0 Å². The second kappa shape index (κ2) is 9.80. The van der Waals surface area contributed by atoms with Crippen molar-refractivity contribution in [2.45, 2.75) is 62.3 Å². The lowest BCUT2D eigenvalue weighted by Crippen LogP contribution is -2.12. The summed E-state index contributed by atoms with van der Waals surface area (Å²) in [6, 6.07) is 0. The highest BCUT2D eigenvalue weighted by Crippen LogP contribution is 2.33. The number of carbonyl (C=O) groups excluding carboxylic acids is 1. The average molecular weight is 429 g/mol. The Morgan fingerprint density at radius 2 is 1.12 bits per heavy atom. The van der Waals surface area contributed by atoms with Crippen molar-refractivity contribution in [3.05, 3.63) is 73.4 Å². The maximum absolute atomic E-state index is 11.6. The molecule has 32 heavy (non-hydrogen) atoms. The van der Waals surface area contributed by atoms with Gasteiger partial charge in [-0.3, -0.25) is 0 Å². The quantitative estimate of drug-likeness (QED) is 0.260. The molecule has 0 spiro atoms. The fraction of sp³-hybridized carbons (Fsp3) is 0.345. The summed E-state index contributed by atoms with van der Waals surface area (Å²) in [6.45, 7) is 21.4. The van der Waals surface area contributed by atoms with Gasteiger partial charge in [-0.2, -0.15) is 0 Å². The highest BCUT2D eigenvalue weighted by molar-refractivity contribution is 5.86. The Bertz CT molecular complexity index is 1170. The van der Waals surface area contributed by atoms with Gasteiger partial charge in [-0.1, -0.05) is 24.3 Å². The SMILES string of the molecule is C#Cc1c(C)c(C)c(C#Cc2c(C)c(C)c(OCOC(=O)C(=C)C)c(C)c2C)c(C)c1C. The third kappa shape index (κ3) is 4.58. The first-order valence-corrected chi connectivity index (χ1v) is 10.6. The van der Waals surface area contributed by atoms with Crippen LogP contribution >= 0.6 is 0 Å². The summed E-state index contributed by atoms with van der Waals surface area (Å²) >= 11 is 0. The van der Waals surface area contributed by atoms with E-state index < -0.39 is 5.97 Å². The van der Waals surface area contributed by atoms with E-state index in [1.807, 2.05) is 27.7 Å². The van der Waals surface area contributed by atoms with Crippen LogP contribution in [0.2, 0.25) is 0 Å². The van der Waals surface area contributed by atoms with Crippen LogP contribution in [0.4, 0.5) is 0 Å². The predicted molar refractivity (Wildman–Crippen MR) is 131 cm³/mol. The van der Waals surface area contributed by atoms with Crippen LogP contribution in [0, 0.1) is 79.6 Å². The molecular weight excluding hydrogens is 396 g/mol. The lowest BCUT2D eigenvalue weighted by Gasteiger charge is -2.18. The number of ether oxygens (including phenoxy) is 2. The summed E-state index contributed by atoms with van der Waals surface area (Å²) in [7, 11) is 0. The fourth-order valence-electron chi connectivity index (χ4n) is 3.79. The van der Waals surface area contributed by atoms with E-state index in [1.54, 1.807) is 6.92 Å². The molecule has 0 aliphatic carbocycles. The Morgan fingerprint density at radius 1 is 0.750 bits per heavy atom. The first-order chi connectivity index (χ1) is 14.9. The van der Waals surface area contributed by atoms with Crippen LogP contribution in [0.5, 0.6) is 5.75 Å². The van der Waals surface area contributed by atoms with E-state index in [1.165, 1.54) is 0 Å². The van der Waals surface area contributed by atoms with E-state index in [4.69, 9.17) is 15.9 Å². The third-order valence-corrected chi connectivity index (χ3v) is 6.38. The molecule has 2 aromatic carbocycles. The zero-order valence-corrected chi connectivity index (χ0v) is 20.7. The summed E-state index contributed by atoms with van der Waals surface area (Å²) in [4.78, 5) is 11.6. The van der Waals surface area contributed by atoms with Crippen LogP contribution in [0.3, 0.4) is 0 Å². The summed E-state index contributed by atoms with van der Waals surface area (Å²) in [5, 5.41) is 0. The lowest BCUT2D eigenvalue weighted by atomic mass is 9.88. The fourth-order valence-corrected chi connectivity index (χ4v) is 3.79. The van der Waals surface area contributed by atoms with E-state index >= 15 is 0 Å². The standard InChI is InChI=1S/C29H32O3/c1-12-25-17(4)19(6)26(20(7)18(25)5)13-14-27-21(8)23(10)28(24(11)22(27)9)31-15-32-29(30)16(2)3/h1H,2,15H2,3-11H3. The first kappa shape index (κ1) is 24.8. The van der Waals surface area contributed by atoms with Gasteiger partial charge < -0.3 is 9.47 Å². The van der Waals surface area contributed by atoms with E-state index in [-0.39, 0.29) is 6.79 Å². The van der Waals surface area contributed by atoms with Crippen LogP contribution in [0.25, 0.3) is 0 Å². The highest BCUT2D eigenvalue weighted by Gasteiger charge is 2.16. The number of hydrogen-bond donors (Lipinski definition) is 0. The Labute approximate surface area is 192 Å². The van der Waals surface area contributed by atoms with Crippen LogP contribution in [0.1, 0.15) is 68.1 Å². The first-order valence-electron chi connectivity index (χ1n) is 10.6. The molecule has 0 heterocycles. The van der Waals surface area contributed by atoms with E-state index in [9.17, 15) is 4.79 Å². The van der Waals surface area contributed by atoms with Gasteiger partial charge in [0.15, 0.2) is 0 Å². The van der Waals surface area contributed by atoms with Crippen molar-refractivity contribution < 1.29 is 14.3 Å². The van der Waals surface area contributed by atoms with Crippen molar-refractivity contribution >= 4 is 5.97 Å². The third-order valence-electron chi connectivity index (χ3n) is 6.38. The van der Waals surface area contributed by atoms with Gasteiger partial charge in [0, 0.05) is 22.3 Å². The van der Waals surface area contributed by atoms with E-state index in [0.717, 1.165) is 66.9 Å². The monoisotopic (exact) mass is 428 g/mol. The molecule has 0 fully saturated rings. The molecule has 0 aliphatic heterocycles. The summed E-state index contributed by atoms with van der Waals surface area (Å²) in [6.07, 6.45) is 5.73. The molecule has 3 heteroatoms. The number of hydrogen-bond acceptors (Lipinski definition) is 3. The topological polar surface area (TPSA) is 35.5 Å². The molecular formula is C29H32O3. The van der Waals surface area contributed by atoms with Gasteiger partial charge in [0.05, 0.1) is 0 Å². The highest BCUT2D eigenvalue weighted by atomic mass is 16.7. The number of benzene rings is 2. The molecule has 0 amide bonds. The second-order valence-corrected chi connectivity index (χ2v) is 8.32. The maximum Gasteiger partial charge on any atom is 0.335 e. The Hall–Kier alpha value is -3.43. The molecule has 0 radical (unpaired) electrons. The van der Waals surface area contributed by atoms with E-state index in [0.29, 0.717) is 5.57 Å². The lowest BCUT2D eigenvalue weighted by molar-refractivity contribution is -0.145. The Kier molecular flexibility index (Phi) is 7.60. The zero-order chi connectivity index (χ0) is 24.3. The maximum atomic E-state index is 11.6. The molecule has 0 atom stereocenters. The van der Waals surface area contributed by atoms with Crippen molar-refractivity contribution in [1.29, 1.82) is 0 Å². The zero-order valence-electron chi connectivity index (χ0n) is 20.7. The normalized spacial score (nSPS) is 10.1. The summed E-state index contributed by atoms with van der Waals surface area (Å²) in [5.41, 5.74) is 11.8. The minimum absolute atomic E-state index is 0.157. The van der Waals surface area contributed by atoms with Crippen LogP contribution < -0.4 is 4.74 Å². The number of terminal acetylenes is 1. The van der Waals surface area contributed by atoms with Gasteiger partial charge in [0.2, 0.25) is 6.79 Å². The van der Waals surface area contributed by atoms with Crippen LogP contribution in [-0.2, 0) is 9.53 Å². The van der Waals surface area contributed by atoms with Crippen LogP contribution in [0.15, 0.2) is 12.2 Å². The molecule has 0 aliphatic rings. The van der Waals surface area contributed by atoms with Gasteiger partial charge in [0.1, 0.15) is 5.75 Å². The van der Waals surface area contributed by atoms with Crippen LogP contribution in [-0.4, -0.2) is 12.8 Å². The summed E-state index contributed by atoms with van der Waals surface area (Å²) < 4.78 is 10.9. The average Bonchev–Trinajstić information content (AvgIpc) is 2.75. The minimum Gasteiger partial charge on any atom is -0.457 e. The molecule has 0 bridgehead atoms. The van der Waals surface area contributed by atoms with Gasteiger partial charge in [-0.25, -0.2) is 4.79 Å². The molecule has 0 unspecified atom stereocenters. The second-order valence-electron chi connectivity index (χ2n) is 8.32. The van der Waals surface area contributed by atoms with Gasteiger partial charge in [-0.15, -0.1) is 6.42 Å². The van der Waals surface area contributed by atoms with Crippen molar-refractivity contribution in [2.24, 2.45) is 0 Å². The van der Waals surface area contributed by atoms with Gasteiger partial charge in [-0.05, 0) is 107 Å². The Balaban J connectivity index is 2.52. The molecule has 0 saturated heterocycles. The number of rotatable bonds is 4. The predicted octanol–water partition coefficient (Wildman–Crippen LogP) is 5.99. The molecule has 0 N–H and O–H groups in total. The summed E-state index contributed by atoms with van der Waals surface area (Å²) in [5.74, 6) is 9.90. The van der Waals surface area contributed by atoms with Crippen molar-refractivity contribution in [3.8, 4) is 29.9 Å². The molecule has 166 valence electrons. The largest absolute Gasteiger partial charge is 0.457 e. The number of esters is 1. The van der Waals surface area contributed by atoms with Gasteiger partial charge in [0.25, 0.3) is 0 Å². The Morgan fingerprint density at radius 3 is 1.50 bits per heavy atom. The molecule has 2 aromatic rings. The molecule has 2 rings (SSSR count). The minimum atomic E-state index is -0.469. The van der Waals surface area contributed by atoms with E-state index in [2.05, 4.69) is 52.0 Å². The smallest absolute Gasteiger partial charge is 0.335 e. The molecule has 3 nitrogen and oxygen atoms in total. The molecule has 0 aromatic heterocycles. The number of carbonyl (C=O) groups is 1. The van der Waals surface area contributed by atoms with Crippen molar-refractivity contribution in [2.75, 3.05) is 6.79 Å².